The summed E-state index contributed by atoms with van der Waals surface area (Å²) in [7, 11) is -0.568. The molecule has 4 rings (SSSR count). The molecule has 1 aromatic carbocycles. The van der Waals surface area contributed by atoms with Crippen LogP contribution in [0.1, 0.15) is 27.7 Å². The largest absolute Gasteiger partial charge is 0.496 e. The van der Waals surface area contributed by atoms with Gasteiger partial charge in [0.2, 0.25) is 0 Å². The summed E-state index contributed by atoms with van der Waals surface area (Å²) in [5, 5.41) is 8.35. The second kappa shape index (κ2) is 5.15. The minimum Gasteiger partial charge on any atom is -0.463 e. The molecule has 8 heteroatoms. The summed E-state index contributed by atoms with van der Waals surface area (Å²) in [6.45, 7) is 8.49. The lowest BCUT2D eigenvalue weighted by Crippen LogP contribution is -2.47. The molecule has 3 aliphatic rings. The van der Waals surface area contributed by atoms with E-state index in [2.05, 4.69) is 15.6 Å². The summed E-state index contributed by atoms with van der Waals surface area (Å²) in [5.74, 6) is 1.48. The van der Waals surface area contributed by atoms with Crippen LogP contribution in [0.15, 0.2) is 23.5 Å². The molecule has 126 valence electrons. The predicted molar refractivity (Wildman–Crippen MR) is 92.3 cm³/mol. The number of benzene rings is 1. The Kier molecular flexibility index (Phi) is 3.39. The molecule has 0 radical (unpaired) electrons. The van der Waals surface area contributed by atoms with Crippen LogP contribution in [0.2, 0.25) is 5.02 Å². The Morgan fingerprint density at radius 1 is 1.21 bits per heavy atom. The fraction of sp³-hybridized carbons (Fsp3) is 0.438. The fourth-order valence-corrected chi connectivity index (χ4v) is 3.20. The first-order valence-corrected chi connectivity index (χ1v) is 8.27. The molecule has 1 aromatic rings. The smallest absolute Gasteiger partial charge is 0.463 e. The average molecular weight is 348 g/mol. The number of rotatable bonds is 1. The Labute approximate surface area is 145 Å². The number of halogens is 1. The van der Waals surface area contributed by atoms with Crippen LogP contribution in [0.3, 0.4) is 0 Å². The van der Waals surface area contributed by atoms with Crippen molar-refractivity contribution < 1.29 is 14.0 Å². The van der Waals surface area contributed by atoms with Gasteiger partial charge in [-0.1, -0.05) is 11.6 Å². The van der Waals surface area contributed by atoms with E-state index in [1.165, 1.54) is 0 Å². The molecule has 0 unspecified atom stereocenters. The minimum atomic E-state index is -0.568. The number of nitrogens with zero attached hydrogens (tertiary/aromatic N) is 1. The second-order valence-corrected chi connectivity index (χ2v) is 7.40. The Bertz CT molecular complexity index is 850. The Morgan fingerprint density at radius 2 is 1.92 bits per heavy atom. The summed E-state index contributed by atoms with van der Waals surface area (Å²) in [4.78, 5) is 4.51. The van der Waals surface area contributed by atoms with E-state index in [1.54, 1.807) is 12.5 Å². The molecule has 0 spiro atoms. The first kappa shape index (κ1) is 15.8. The maximum absolute atomic E-state index is 6.67. The highest BCUT2D eigenvalue weighted by Crippen LogP contribution is 2.37. The Hall–Kier alpha value is -1.70. The summed E-state index contributed by atoms with van der Waals surface area (Å²) < 4.78 is 18.0. The van der Waals surface area contributed by atoms with Gasteiger partial charge in [0, 0.05) is 11.7 Å². The third-order valence-electron chi connectivity index (χ3n) is 4.97. The lowest BCUT2D eigenvalue weighted by Gasteiger charge is -2.32. The van der Waals surface area contributed by atoms with E-state index in [1.807, 2.05) is 33.8 Å². The lowest BCUT2D eigenvalue weighted by atomic mass is 9.78. The predicted octanol–water partition coefficient (Wildman–Crippen LogP) is 0.338. The van der Waals surface area contributed by atoms with Crippen molar-refractivity contribution in [2.75, 3.05) is 6.67 Å². The molecule has 0 saturated carbocycles. The van der Waals surface area contributed by atoms with E-state index < -0.39 is 18.3 Å². The summed E-state index contributed by atoms with van der Waals surface area (Å²) in [6, 6.07) is 1.86. The van der Waals surface area contributed by atoms with Crippen LogP contribution < -0.4 is 31.4 Å². The topological polar surface area (TPSA) is 64.1 Å². The molecule has 3 aliphatic heterocycles. The Morgan fingerprint density at radius 3 is 2.62 bits per heavy atom. The van der Waals surface area contributed by atoms with Crippen molar-refractivity contribution in [1.82, 2.24) is 10.6 Å². The molecule has 0 amide bonds. The van der Waals surface area contributed by atoms with Gasteiger partial charge in [0.1, 0.15) is 24.5 Å². The number of hydrogen-bond donors (Lipinski definition) is 2. The number of hydrogen-bond acceptors (Lipinski definition) is 6. The van der Waals surface area contributed by atoms with Crippen molar-refractivity contribution in [3.63, 3.8) is 0 Å². The van der Waals surface area contributed by atoms with Crippen molar-refractivity contribution in [2.45, 2.75) is 38.9 Å². The van der Waals surface area contributed by atoms with Crippen LogP contribution in [0.4, 0.5) is 0 Å². The van der Waals surface area contributed by atoms with Crippen molar-refractivity contribution >= 4 is 30.0 Å². The van der Waals surface area contributed by atoms with Crippen molar-refractivity contribution in [3.8, 4) is 5.75 Å². The van der Waals surface area contributed by atoms with Gasteiger partial charge in [0.05, 0.1) is 26.8 Å². The highest BCUT2D eigenvalue weighted by molar-refractivity contribution is 6.65. The van der Waals surface area contributed by atoms with Crippen molar-refractivity contribution in [2.24, 2.45) is 4.99 Å². The summed E-state index contributed by atoms with van der Waals surface area (Å²) in [5.41, 5.74) is -0.156. The van der Waals surface area contributed by atoms with Gasteiger partial charge in [0.25, 0.3) is 0 Å². The fourth-order valence-electron chi connectivity index (χ4n) is 2.90. The first-order valence-electron chi connectivity index (χ1n) is 7.89. The highest BCUT2D eigenvalue weighted by atomic mass is 35.5. The van der Waals surface area contributed by atoms with Gasteiger partial charge in [-0.25, -0.2) is 0 Å². The van der Waals surface area contributed by atoms with Gasteiger partial charge in [-0.05, 0) is 33.8 Å². The standard InChI is InChI=1S/C16H19BClN3O3/c1-15(2)16(3,4)24-17(23-15)9-7-10-11-13(12(9)18)20-8-21-14(11)19-5-6-22-10/h5-7,19,21H,8H2,1-4H3. The maximum Gasteiger partial charge on any atom is 0.496 e. The second-order valence-electron chi connectivity index (χ2n) is 7.02. The molecule has 0 aromatic heterocycles. The van der Waals surface area contributed by atoms with Gasteiger partial charge >= 0.3 is 7.12 Å². The molecule has 6 nitrogen and oxygen atoms in total. The summed E-state index contributed by atoms with van der Waals surface area (Å²) in [6.07, 6.45) is 3.31. The quantitative estimate of drug-likeness (QED) is 0.717. The molecule has 24 heavy (non-hydrogen) atoms. The molecular weight excluding hydrogens is 328 g/mol. The van der Waals surface area contributed by atoms with Crippen molar-refractivity contribution in [1.29, 1.82) is 0 Å². The van der Waals surface area contributed by atoms with Crippen LogP contribution in [0.5, 0.6) is 5.75 Å². The zero-order valence-corrected chi connectivity index (χ0v) is 14.8. The zero-order chi connectivity index (χ0) is 17.1. The van der Waals surface area contributed by atoms with E-state index in [9.17, 15) is 0 Å². The average Bonchev–Trinajstić information content (AvgIpc) is 2.66. The van der Waals surface area contributed by atoms with Crippen LogP contribution in [-0.2, 0) is 9.31 Å². The van der Waals surface area contributed by atoms with Crippen LogP contribution in [-0.4, -0.2) is 25.0 Å². The monoisotopic (exact) mass is 347 g/mol. The van der Waals surface area contributed by atoms with E-state index in [-0.39, 0.29) is 0 Å². The minimum absolute atomic E-state index is 0.440. The van der Waals surface area contributed by atoms with Gasteiger partial charge in [-0.2, -0.15) is 0 Å². The molecule has 0 aliphatic carbocycles. The molecule has 1 saturated heterocycles. The van der Waals surface area contributed by atoms with Crippen LogP contribution >= 0.6 is 11.6 Å². The molecule has 2 N–H and O–H groups in total. The molecular formula is C16H19BClN3O3. The van der Waals surface area contributed by atoms with E-state index in [0.29, 0.717) is 22.8 Å². The van der Waals surface area contributed by atoms with Crippen LogP contribution in [0, 0.1) is 0 Å². The maximum atomic E-state index is 6.67. The molecule has 3 heterocycles. The number of ether oxygens (including phenoxy) is 1. The number of nitrogens with one attached hydrogen (secondary N) is 2. The van der Waals surface area contributed by atoms with Gasteiger partial charge in [0.15, 0.2) is 0 Å². The van der Waals surface area contributed by atoms with Gasteiger partial charge in [-0.15, -0.1) is 0 Å². The lowest BCUT2D eigenvalue weighted by molar-refractivity contribution is 0.00578. The molecule has 0 atom stereocenters. The third kappa shape index (κ3) is 2.23. The van der Waals surface area contributed by atoms with E-state index in [0.717, 1.165) is 16.5 Å². The van der Waals surface area contributed by atoms with Gasteiger partial charge < -0.3 is 24.7 Å². The van der Waals surface area contributed by atoms with Crippen molar-refractivity contribution in [3.05, 3.63) is 34.1 Å². The SMILES string of the molecule is CC1(C)OB(c2cc3c4c(c2Cl)=NCNC=4NC=CO3)OC1(C)C. The summed E-state index contributed by atoms with van der Waals surface area (Å²) >= 11 is 6.67. The third-order valence-corrected chi connectivity index (χ3v) is 5.37. The highest BCUT2D eigenvalue weighted by Gasteiger charge is 2.52. The van der Waals surface area contributed by atoms with E-state index in [4.69, 9.17) is 25.6 Å². The van der Waals surface area contributed by atoms with E-state index >= 15 is 0 Å². The molecule has 1 fully saturated rings. The first-order chi connectivity index (χ1) is 11.3. The molecule has 0 bridgehead atoms. The van der Waals surface area contributed by atoms with Crippen LogP contribution in [0.25, 0.3) is 5.82 Å². The Balaban J connectivity index is 1.91. The van der Waals surface area contributed by atoms with Gasteiger partial charge in [-0.3, -0.25) is 4.99 Å². The zero-order valence-electron chi connectivity index (χ0n) is 14.1. The normalized spacial score (nSPS) is 22.7.